The highest BCUT2D eigenvalue weighted by Crippen LogP contribution is 2.51. The number of aliphatic hydroxyl groups is 1. The van der Waals surface area contributed by atoms with Gasteiger partial charge in [0.1, 0.15) is 35.9 Å². The quantitative estimate of drug-likeness (QED) is 0.0208. The van der Waals surface area contributed by atoms with Gasteiger partial charge in [-0.25, -0.2) is 0 Å². The van der Waals surface area contributed by atoms with Gasteiger partial charge in [-0.05, 0) is 44.7 Å². The van der Waals surface area contributed by atoms with E-state index in [2.05, 4.69) is 43.1 Å². The molecule has 2 unspecified atom stereocenters. The first-order chi connectivity index (χ1) is 25.5. The molecule has 7 N–H and O–H groups in total. The summed E-state index contributed by atoms with van der Waals surface area (Å²) < 4.78 is 46.9. The largest absolute Gasteiger partial charge is 0.490 e. The molecule has 15 nitrogen and oxygen atoms in total. The molecule has 0 aliphatic carbocycles. The van der Waals surface area contributed by atoms with Crippen molar-refractivity contribution in [2.75, 3.05) is 65.5 Å². The van der Waals surface area contributed by atoms with Crippen LogP contribution in [0.25, 0.3) is 0 Å². The summed E-state index contributed by atoms with van der Waals surface area (Å²) in [6.07, 6.45) is 1.19. The third-order valence-electron chi connectivity index (χ3n) is 7.17. The minimum absolute atomic E-state index is 0.0205. The van der Waals surface area contributed by atoms with Crippen molar-refractivity contribution in [3.05, 3.63) is 29.8 Å². The summed E-state index contributed by atoms with van der Waals surface area (Å²) >= 11 is 0. The highest BCUT2D eigenvalue weighted by molar-refractivity contribution is 8.77. The van der Waals surface area contributed by atoms with E-state index in [0.717, 1.165) is 0 Å². The normalized spacial score (nSPS) is 18.7. The number of rotatable bonds is 25. The second-order valence-corrected chi connectivity index (χ2v) is 21.2. The maximum absolute atomic E-state index is 12.3. The number of nitrogens with one attached hydrogen (secondary N) is 2. The van der Waals surface area contributed by atoms with Crippen LogP contribution in [-0.2, 0) is 33.0 Å². The highest BCUT2D eigenvalue weighted by Gasteiger charge is 2.43. The second kappa shape index (κ2) is 25.3. The van der Waals surface area contributed by atoms with E-state index in [-0.39, 0.29) is 74.2 Å². The van der Waals surface area contributed by atoms with Crippen LogP contribution in [0.15, 0.2) is 24.3 Å². The lowest BCUT2D eigenvalue weighted by molar-refractivity contribution is -0.126. The number of hydrogen-bond acceptors (Lipinski definition) is 15. The van der Waals surface area contributed by atoms with E-state index in [1.807, 2.05) is 6.26 Å². The first kappa shape index (κ1) is 49.0. The number of amides is 2. The van der Waals surface area contributed by atoms with Crippen LogP contribution >= 0.6 is 50.8 Å². The molecular weight excluding hydrogens is 800 g/mol. The third-order valence-corrected chi connectivity index (χ3v) is 14.1. The number of aliphatic hydroxyl groups excluding tert-OH is 1. The van der Waals surface area contributed by atoms with E-state index in [0.29, 0.717) is 38.1 Å². The van der Waals surface area contributed by atoms with Crippen molar-refractivity contribution >= 4 is 69.9 Å². The monoisotopic (exact) mass is 855 g/mol. The van der Waals surface area contributed by atoms with Crippen LogP contribution in [0.4, 0.5) is 0 Å². The van der Waals surface area contributed by atoms with Crippen molar-refractivity contribution < 1.29 is 57.5 Å². The Balaban J connectivity index is 1.78. The van der Waals surface area contributed by atoms with Gasteiger partial charge in [-0.3, -0.25) is 14.2 Å². The molecule has 0 spiro atoms. The van der Waals surface area contributed by atoms with E-state index >= 15 is 0 Å². The van der Waals surface area contributed by atoms with Gasteiger partial charge in [0.05, 0.1) is 39.1 Å². The van der Waals surface area contributed by atoms with Gasteiger partial charge < -0.3 is 59.7 Å². The summed E-state index contributed by atoms with van der Waals surface area (Å²) in [5.41, 5.74) is 5.08. The first-order valence-corrected chi connectivity index (χ1v) is 23.7. The molecular formula is C33H55BN3O12PS4. The fraction of sp³-hybridized carbons (Fsp3) is 0.697. The van der Waals surface area contributed by atoms with E-state index in [1.165, 1.54) is 46.2 Å². The van der Waals surface area contributed by atoms with Gasteiger partial charge in [-0.2, -0.15) is 5.82 Å². The first-order valence-electron chi connectivity index (χ1n) is 17.3. The number of benzene rings is 1. The van der Waals surface area contributed by atoms with Crippen molar-refractivity contribution in [3.63, 3.8) is 0 Å². The molecule has 2 amide bonds. The molecule has 5 atom stereocenters. The Bertz CT molecular complexity index is 1400. The Kier molecular flexibility index (Phi) is 22.9. The SMILES string of the molecule is CSS[C@H](CO)O[C@@H]1C[C@H](BC#CCNC(=O)COCCOC(COc2cccc(C(=O)NCCN)c2)SSC(C)(C)C)OC1COC(C)(C)P(=O)(O)O. The zero-order valence-electron chi connectivity index (χ0n) is 31.6. The second-order valence-electron chi connectivity index (χ2n) is 13.2. The lowest BCUT2D eigenvalue weighted by Crippen LogP contribution is -2.36. The Labute approximate surface area is 335 Å². The van der Waals surface area contributed by atoms with Gasteiger partial charge >= 0.3 is 7.60 Å². The van der Waals surface area contributed by atoms with Crippen LogP contribution in [-0.4, -0.2) is 139 Å². The molecule has 54 heavy (non-hydrogen) atoms. The van der Waals surface area contributed by atoms with Crippen molar-refractivity contribution in [1.29, 1.82) is 0 Å². The van der Waals surface area contributed by atoms with Crippen molar-refractivity contribution in [2.45, 2.75) is 80.2 Å². The van der Waals surface area contributed by atoms with Gasteiger partial charge in [0.2, 0.25) is 13.2 Å². The zero-order chi connectivity index (χ0) is 40.2. The molecule has 306 valence electrons. The minimum Gasteiger partial charge on any atom is -0.490 e. The predicted molar refractivity (Wildman–Crippen MR) is 219 cm³/mol. The zero-order valence-corrected chi connectivity index (χ0v) is 35.8. The van der Waals surface area contributed by atoms with Crippen LogP contribution in [0.1, 0.15) is 51.4 Å². The lowest BCUT2D eigenvalue weighted by atomic mass is 9.71. The summed E-state index contributed by atoms with van der Waals surface area (Å²) in [7, 11) is 1.77. The molecule has 1 aromatic carbocycles. The predicted octanol–water partition coefficient (Wildman–Crippen LogP) is 2.57. The Morgan fingerprint density at radius 3 is 2.57 bits per heavy atom. The average Bonchev–Trinajstić information content (AvgIpc) is 3.50. The Morgan fingerprint density at radius 1 is 1.15 bits per heavy atom. The van der Waals surface area contributed by atoms with Crippen molar-refractivity contribution in [3.8, 4) is 17.5 Å². The van der Waals surface area contributed by atoms with Crippen LogP contribution in [0.2, 0.25) is 0 Å². The third kappa shape index (κ3) is 19.8. The van der Waals surface area contributed by atoms with Crippen LogP contribution in [0.3, 0.4) is 0 Å². The molecule has 1 aliphatic rings. The molecule has 0 radical (unpaired) electrons. The van der Waals surface area contributed by atoms with Gasteiger partial charge in [-0.15, -0.1) is 0 Å². The van der Waals surface area contributed by atoms with Crippen LogP contribution < -0.4 is 21.1 Å². The maximum Gasteiger partial charge on any atom is 0.356 e. The number of hydrogen-bond donors (Lipinski definition) is 6. The Morgan fingerprint density at radius 2 is 1.91 bits per heavy atom. The van der Waals surface area contributed by atoms with Gasteiger partial charge in [0.25, 0.3) is 5.91 Å². The Hall–Kier alpha value is -1.15. The molecule has 1 saturated heterocycles. The van der Waals surface area contributed by atoms with E-state index in [4.69, 9.17) is 34.2 Å². The van der Waals surface area contributed by atoms with E-state index < -0.39 is 30.6 Å². The highest BCUT2D eigenvalue weighted by atomic mass is 33.1. The lowest BCUT2D eigenvalue weighted by Gasteiger charge is -2.29. The topological polar surface area (TPSA) is 217 Å². The van der Waals surface area contributed by atoms with E-state index in [1.54, 1.807) is 35.1 Å². The minimum atomic E-state index is -4.54. The molecule has 1 aromatic rings. The van der Waals surface area contributed by atoms with Crippen molar-refractivity contribution in [1.82, 2.24) is 10.6 Å². The van der Waals surface area contributed by atoms with Gasteiger partial charge in [-0.1, -0.05) is 75.9 Å². The number of ether oxygens (including phenoxy) is 6. The summed E-state index contributed by atoms with van der Waals surface area (Å²) in [5, 5.41) is 13.4. The fourth-order valence-electron chi connectivity index (χ4n) is 4.32. The molecule has 0 aromatic heterocycles. The number of carbonyl (C=O) groups is 2. The van der Waals surface area contributed by atoms with E-state index in [9.17, 15) is 29.0 Å². The van der Waals surface area contributed by atoms with Gasteiger partial charge in [0.15, 0.2) is 5.34 Å². The molecule has 1 fully saturated rings. The molecule has 0 saturated carbocycles. The number of carbonyl (C=O) groups excluding carboxylic acids is 2. The summed E-state index contributed by atoms with van der Waals surface area (Å²) in [6, 6.07) is 6.53. The van der Waals surface area contributed by atoms with Crippen LogP contribution in [0, 0.1) is 11.7 Å². The summed E-state index contributed by atoms with van der Waals surface area (Å²) in [5.74, 6) is 5.86. The molecule has 0 bridgehead atoms. The standard InChI is InChI=1S/C33H55BN3O12PS4/c1-32(2,3)54-53-30(22-46-24-10-7-9-23(17-24)31(40)37-14-12-35)45-16-15-44-21-28(39)36-13-8-11-34-27-18-25(49-29(19-38)52-51-6)26(48-27)20-47-33(4,5)50(41,42)43/h7,9-10,17,25-27,29-30,34,38H,12-16,18-22,35H2,1-6H3,(H,36,39)(H,37,40)(H2,41,42,43)/t25-,26?,27-,29-,30?/m1/s1. The summed E-state index contributed by atoms with van der Waals surface area (Å²) in [4.78, 5) is 43.8. The molecule has 2 rings (SSSR count). The average molecular weight is 856 g/mol. The smallest absolute Gasteiger partial charge is 0.356 e. The van der Waals surface area contributed by atoms with Gasteiger partial charge in [0, 0.05) is 29.4 Å². The van der Waals surface area contributed by atoms with Crippen molar-refractivity contribution in [2.24, 2.45) is 5.73 Å². The fourth-order valence-corrected chi connectivity index (χ4v) is 8.18. The van der Waals surface area contributed by atoms with Crippen LogP contribution in [0.5, 0.6) is 5.75 Å². The molecule has 1 heterocycles. The number of nitrogens with two attached hydrogens (primary N) is 1. The summed E-state index contributed by atoms with van der Waals surface area (Å²) in [6.45, 7) is 9.86. The molecule has 1 aliphatic heterocycles. The maximum atomic E-state index is 12.3. The molecule has 21 heteroatoms.